The Morgan fingerprint density at radius 2 is 1.88 bits per heavy atom. The number of amides is 1. The highest BCUT2D eigenvalue weighted by molar-refractivity contribution is 7.90. The van der Waals surface area contributed by atoms with Crippen LogP contribution in [0.3, 0.4) is 0 Å². The van der Waals surface area contributed by atoms with Gasteiger partial charge < -0.3 is 9.57 Å². The standard InChI is InChI=1S/C25H28FN5O8S/c1-15-6-7-16(2)18(10-15)11-23-27-22(13-38-24(33)25(4,5)14-39-31(34)35)28-30(23)21-9-8-19(12-20(21)26)40(36,37)29-17(3)32/h6-10,12H,11,13-14H2,1-5H3,(H,29,32). The van der Waals surface area contributed by atoms with Crippen molar-refractivity contribution in [2.75, 3.05) is 6.61 Å². The number of aromatic nitrogens is 3. The van der Waals surface area contributed by atoms with Crippen LogP contribution in [0.2, 0.25) is 0 Å². The Bertz CT molecular complexity index is 1570. The van der Waals surface area contributed by atoms with E-state index in [-0.39, 0.29) is 23.8 Å². The van der Waals surface area contributed by atoms with E-state index in [9.17, 15) is 28.1 Å². The number of ether oxygens (including phenoxy) is 1. The molecule has 214 valence electrons. The number of carbonyl (C=O) groups excluding carboxylic acids is 2. The number of nitrogens with one attached hydrogen (secondary N) is 1. The van der Waals surface area contributed by atoms with Gasteiger partial charge in [-0.05, 0) is 57.0 Å². The number of hydrogen-bond acceptors (Lipinski definition) is 10. The molecule has 1 heterocycles. The molecule has 3 aromatic rings. The van der Waals surface area contributed by atoms with Crippen LogP contribution < -0.4 is 4.72 Å². The Morgan fingerprint density at radius 1 is 1.18 bits per heavy atom. The second-order valence-corrected chi connectivity index (χ2v) is 11.4. The van der Waals surface area contributed by atoms with Gasteiger partial charge in [0.1, 0.15) is 23.9 Å². The van der Waals surface area contributed by atoms with Crippen molar-refractivity contribution in [2.45, 2.75) is 52.5 Å². The summed E-state index contributed by atoms with van der Waals surface area (Å²) in [5.74, 6) is -2.31. The van der Waals surface area contributed by atoms with Gasteiger partial charge in [-0.25, -0.2) is 27.2 Å². The van der Waals surface area contributed by atoms with Crippen molar-refractivity contribution < 1.29 is 37.1 Å². The predicted octanol–water partition coefficient (Wildman–Crippen LogP) is 2.72. The van der Waals surface area contributed by atoms with Gasteiger partial charge in [0.2, 0.25) is 5.91 Å². The Labute approximate surface area is 229 Å². The molecule has 13 nitrogen and oxygen atoms in total. The third-order valence-corrected chi connectivity index (χ3v) is 7.15. The zero-order valence-corrected chi connectivity index (χ0v) is 23.2. The fourth-order valence-electron chi connectivity index (χ4n) is 3.59. The molecule has 3 rings (SSSR count). The molecular weight excluding hydrogens is 549 g/mol. The summed E-state index contributed by atoms with van der Waals surface area (Å²) in [6, 6.07) is 8.84. The second kappa shape index (κ2) is 11.8. The molecule has 15 heteroatoms. The van der Waals surface area contributed by atoms with Crippen LogP contribution in [0, 0.1) is 35.2 Å². The van der Waals surface area contributed by atoms with Crippen LogP contribution >= 0.6 is 0 Å². The summed E-state index contributed by atoms with van der Waals surface area (Å²) in [5, 5.41) is 13.8. The van der Waals surface area contributed by atoms with E-state index in [2.05, 4.69) is 14.9 Å². The van der Waals surface area contributed by atoms with Gasteiger partial charge in [-0.2, -0.15) is 0 Å². The van der Waals surface area contributed by atoms with E-state index >= 15 is 4.39 Å². The maximum absolute atomic E-state index is 15.3. The smallest absolute Gasteiger partial charge is 0.313 e. The zero-order chi connectivity index (χ0) is 29.8. The lowest BCUT2D eigenvalue weighted by atomic mass is 9.95. The summed E-state index contributed by atoms with van der Waals surface area (Å²) in [6.45, 7) is 6.68. The number of sulfonamides is 1. The summed E-state index contributed by atoms with van der Waals surface area (Å²) in [6.07, 6.45) is 0.210. The molecular formula is C25H28FN5O8S. The minimum Gasteiger partial charge on any atom is -0.457 e. The molecule has 0 bridgehead atoms. The van der Waals surface area contributed by atoms with Crippen molar-refractivity contribution in [1.29, 1.82) is 0 Å². The molecule has 1 aromatic heterocycles. The van der Waals surface area contributed by atoms with Gasteiger partial charge in [0.05, 0.1) is 10.3 Å². The fraction of sp³-hybridized carbons (Fsp3) is 0.360. The first-order chi connectivity index (χ1) is 18.6. The second-order valence-electron chi connectivity index (χ2n) is 9.69. The lowest BCUT2D eigenvalue weighted by Crippen LogP contribution is -2.32. The van der Waals surface area contributed by atoms with Crippen molar-refractivity contribution >= 4 is 21.9 Å². The van der Waals surface area contributed by atoms with Crippen molar-refractivity contribution in [1.82, 2.24) is 19.5 Å². The molecule has 0 aliphatic carbocycles. The molecule has 1 amide bonds. The highest BCUT2D eigenvalue weighted by atomic mass is 32.2. The fourth-order valence-corrected chi connectivity index (χ4v) is 4.60. The van der Waals surface area contributed by atoms with Crippen LogP contribution in [0.5, 0.6) is 0 Å². The summed E-state index contributed by atoms with van der Waals surface area (Å²) >= 11 is 0. The quantitative estimate of drug-likeness (QED) is 0.203. The van der Waals surface area contributed by atoms with Crippen molar-refractivity contribution in [3.8, 4) is 5.69 Å². The molecule has 0 radical (unpaired) electrons. The minimum absolute atomic E-state index is 0.00833. The van der Waals surface area contributed by atoms with E-state index in [1.165, 1.54) is 24.6 Å². The van der Waals surface area contributed by atoms with Gasteiger partial charge in [-0.1, -0.05) is 23.8 Å². The maximum Gasteiger partial charge on any atom is 0.313 e. The van der Waals surface area contributed by atoms with Crippen LogP contribution in [0.25, 0.3) is 5.69 Å². The number of halogens is 1. The normalized spacial score (nSPS) is 11.7. The zero-order valence-electron chi connectivity index (χ0n) is 22.4. The van der Waals surface area contributed by atoms with E-state index in [4.69, 9.17) is 4.74 Å². The Balaban J connectivity index is 1.98. The van der Waals surface area contributed by atoms with Gasteiger partial charge in [-0.3, -0.25) is 9.59 Å². The van der Waals surface area contributed by atoms with Gasteiger partial charge in [-0.15, -0.1) is 15.2 Å². The highest BCUT2D eigenvalue weighted by Crippen LogP contribution is 2.23. The SMILES string of the molecule is CC(=O)NS(=O)(=O)c1ccc(-n2nc(COC(=O)C(C)(C)CO[N+](=O)[O-])nc2Cc2cc(C)ccc2C)c(F)c1. The molecule has 1 N–H and O–H groups in total. The first kappa shape index (κ1) is 30.1. The molecule has 2 aromatic carbocycles. The summed E-state index contributed by atoms with van der Waals surface area (Å²) < 4.78 is 48.1. The molecule has 0 saturated carbocycles. The van der Waals surface area contributed by atoms with Crippen LogP contribution in [0.15, 0.2) is 41.3 Å². The van der Waals surface area contributed by atoms with Gasteiger partial charge in [0, 0.05) is 13.3 Å². The molecule has 0 atom stereocenters. The number of nitrogens with zero attached hydrogens (tertiary/aromatic N) is 4. The molecule has 0 aliphatic rings. The third kappa shape index (κ3) is 7.37. The van der Waals surface area contributed by atoms with Crippen LogP contribution in [0.4, 0.5) is 4.39 Å². The molecule has 0 unspecified atom stereocenters. The topological polar surface area (TPSA) is 173 Å². The number of aryl methyl sites for hydroxylation is 2. The molecule has 0 spiro atoms. The average molecular weight is 578 g/mol. The largest absolute Gasteiger partial charge is 0.457 e. The van der Waals surface area contributed by atoms with Gasteiger partial charge >= 0.3 is 5.97 Å². The molecule has 0 fully saturated rings. The lowest BCUT2D eigenvalue weighted by Gasteiger charge is -2.20. The van der Waals surface area contributed by atoms with E-state index in [0.29, 0.717) is 0 Å². The Kier molecular flexibility index (Phi) is 8.87. The van der Waals surface area contributed by atoms with Crippen LogP contribution in [-0.4, -0.2) is 46.8 Å². The highest BCUT2D eigenvalue weighted by Gasteiger charge is 2.31. The van der Waals surface area contributed by atoms with E-state index in [1.54, 1.807) is 4.72 Å². The molecule has 0 aliphatic heterocycles. The van der Waals surface area contributed by atoms with E-state index < -0.39 is 56.3 Å². The summed E-state index contributed by atoms with van der Waals surface area (Å²) in [5.41, 5.74) is 1.32. The van der Waals surface area contributed by atoms with Gasteiger partial charge in [0.15, 0.2) is 12.4 Å². The van der Waals surface area contributed by atoms with Gasteiger partial charge in [0.25, 0.3) is 15.1 Å². The maximum atomic E-state index is 15.3. The monoisotopic (exact) mass is 577 g/mol. The van der Waals surface area contributed by atoms with Crippen molar-refractivity contribution in [3.05, 3.63) is 80.7 Å². The molecule has 40 heavy (non-hydrogen) atoms. The first-order valence-corrected chi connectivity index (χ1v) is 13.4. The summed E-state index contributed by atoms with van der Waals surface area (Å²) in [7, 11) is -4.28. The Hall–Kier alpha value is -4.40. The third-order valence-electron chi connectivity index (χ3n) is 5.72. The van der Waals surface area contributed by atoms with Crippen LogP contribution in [0.1, 0.15) is 49.1 Å². The number of hydrogen-bond donors (Lipinski definition) is 1. The predicted molar refractivity (Wildman–Crippen MR) is 138 cm³/mol. The first-order valence-electron chi connectivity index (χ1n) is 11.9. The van der Waals surface area contributed by atoms with Crippen molar-refractivity contribution in [2.24, 2.45) is 5.41 Å². The summed E-state index contributed by atoms with van der Waals surface area (Å²) in [4.78, 5) is 42.5. The average Bonchev–Trinajstić information content (AvgIpc) is 3.24. The lowest BCUT2D eigenvalue weighted by molar-refractivity contribution is -0.760. The minimum atomic E-state index is -4.28. The number of esters is 1. The Morgan fingerprint density at radius 3 is 2.50 bits per heavy atom. The van der Waals surface area contributed by atoms with E-state index in [0.717, 1.165) is 35.7 Å². The number of carbonyl (C=O) groups is 2. The molecule has 0 saturated heterocycles. The number of rotatable bonds is 11. The van der Waals surface area contributed by atoms with E-state index in [1.807, 2.05) is 32.0 Å². The number of benzene rings is 2. The van der Waals surface area contributed by atoms with Crippen molar-refractivity contribution in [3.63, 3.8) is 0 Å². The van der Waals surface area contributed by atoms with Crippen LogP contribution in [-0.2, 0) is 42.2 Å².